The summed E-state index contributed by atoms with van der Waals surface area (Å²) in [6, 6.07) is 15.4. The van der Waals surface area contributed by atoms with Crippen molar-refractivity contribution in [3.63, 3.8) is 0 Å². The van der Waals surface area contributed by atoms with Gasteiger partial charge in [0, 0.05) is 5.39 Å². The predicted octanol–water partition coefficient (Wildman–Crippen LogP) is 3.50. The fraction of sp³-hybridized carbons (Fsp3) is 0.318. The molecule has 1 heterocycles. The van der Waals surface area contributed by atoms with Gasteiger partial charge in [-0.15, -0.1) is 0 Å². The van der Waals surface area contributed by atoms with Crippen LogP contribution in [-0.4, -0.2) is 23.1 Å². The van der Waals surface area contributed by atoms with E-state index in [1.54, 1.807) is 13.0 Å². The molecule has 0 radical (unpaired) electrons. The smallest absolute Gasteiger partial charge is 0.312 e. The van der Waals surface area contributed by atoms with Gasteiger partial charge in [0.1, 0.15) is 5.69 Å². The van der Waals surface area contributed by atoms with Crippen molar-refractivity contribution in [2.75, 3.05) is 0 Å². The average Bonchev–Trinajstić information content (AvgIpc) is 3.11. The van der Waals surface area contributed by atoms with Crippen LogP contribution in [0, 0.1) is 0 Å². The number of aromatic nitrogens is 1. The number of nitrogens with one attached hydrogen (secondary N) is 1. The summed E-state index contributed by atoms with van der Waals surface area (Å²) >= 11 is 0. The summed E-state index contributed by atoms with van der Waals surface area (Å²) < 4.78 is 10.5. The maximum atomic E-state index is 12.5. The molecule has 0 unspecified atom stereocenters. The van der Waals surface area contributed by atoms with Gasteiger partial charge in [-0.25, -0.2) is 0 Å². The number of benzene rings is 2. The lowest BCUT2D eigenvalue weighted by atomic mass is 9.87. The standard InChI is InChI=1S/C22H22N2O4/c1-14(22(26)23-18-11-6-8-15-7-2-3-9-16(15)18)27-21(25)13-19-17-10-4-5-12-20(17)28-24-19/h2-5,7,9-10,12,14,18H,6,8,11,13H2,1H3,(H,23,26)/t14-,18+/m0/s1. The highest BCUT2D eigenvalue weighted by Gasteiger charge is 2.25. The molecular formula is C22H22N2O4. The van der Waals surface area contributed by atoms with E-state index in [0.29, 0.717) is 11.3 Å². The number of aryl methyl sites for hydroxylation is 1. The number of hydrogen-bond acceptors (Lipinski definition) is 5. The highest BCUT2D eigenvalue weighted by molar-refractivity contribution is 5.87. The normalized spacial score (nSPS) is 17.0. The van der Waals surface area contributed by atoms with Gasteiger partial charge in [0.05, 0.1) is 12.5 Å². The number of carbonyl (C=O) groups excluding carboxylic acids is 2. The molecule has 4 rings (SSSR count). The first-order valence-corrected chi connectivity index (χ1v) is 9.53. The van der Waals surface area contributed by atoms with E-state index in [1.165, 1.54) is 5.56 Å². The predicted molar refractivity (Wildman–Crippen MR) is 104 cm³/mol. The van der Waals surface area contributed by atoms with Crippen LogP contribution in [0.15, 0.2) is 53.1 Å². The van der Waals surface area contributed by atoms with Crippen LogP contribution in [0.25, 0.3) is 11.0 Å². The Balaban J connectivity index is 1.36. The second-order valence-electron chi connectivity index (χ2n) is 7.09. The number of carbonyl (C=O) groups is 2. The third-order valence-electron chi connectivity index (χ3n) is 5.13. The Hall–Kier alpha value is -3.15. The summed E-state index contributed by atoms with van der Waals surface area (Å²) in [6.45, 7) is 1.59. The van der Waals surface area contributed by atoms with Crippen molar-refractivity contribution in [1.29, 1.82) is 0 Å². The molecule has 1 N–H and O–H groups in total. The van der Waals surface area contributed by atoms with Crippen molar-refractivity contribution in [3.05, 3.63) is 65.4 Å². The van der Waals surface area contributed by atoms with Gasteiger partial charge in [0.25, 0.3) is 5.91 Å². The number of nitrogens with zero attached hydrogens (tertiary/aromatic N) is 1. The topological polar surface area (TPSA) is 81.4 Å². The molecule has 0 saturated heterocycles. The van der Waals surface area contributed by atoms with Crippen LogP contribution < -0.4 is 5.32 Å². The first-order valence-electron chi connectivity index (χ1n) is 9.53. The third kappa shape index (κ3) is 3.76. The van der Waals surface area contributed by atoms with Gasteiger partial charge in [0.15, 0.2) is 11.7 Å². The zero-order valence-corrected chi connectivity index (χ0v) is 15.7. The lowest BCUT2D eigenvalue weighted by Gasteiger charge is -2.27. The van der Waals surface area contributed by atoms with E-state index in [9.17, 15) is 9.59 Å². The van der Waals surface area contributed by atoms with Crippen molar-refractivity contribution in [1.82, 2.24) is 10.5 Å². The number of ether oxygens (including phenoxy) is 1. The molecule has 1 aromatic heterocycles. The lowest BCUT2D eigenvalue weighted by molar-refractivity contribution is -0.154. The number of rotatable bonds is 5. The van der Waals surface area contributed by atoms with Crippen molar-refractivity contribution in [3.8, 4) is 0 Å². The molecule has 6 heteroatoms. The molecule has 0 spiro atoms. The number of amides is 1. The first kappa shape index (κ1) is 18.2. The molecule has 3 aromatic rings. The molecule has 2 aromatic carbocycles. The highest BCUT2D eigenvalue weighted by atomic mass is 16.5. The van der Waals surface area contributed by atoms with Gasteiger partial charge in [-0.1, -0.05) is 41.6 Å². The number of hydrogen-bond donors (Lipinski definition) is 1. The molecule has 0 bridgehead atoms. The van der Waals surface area contributed by atoms with Gasteiger partial charge in [-0.3, -0.25) is 9.59 Å². The van der Waals surface area contributed by atoms with Gasteiger partial charge in [0.2, 0.25) is 0 Å². The molecule has 0 fully saturated rings. The van der Waals surface area contributed by atoms with Gasteiger partial charge >= 0.3 is 5.97 Å². The van der Waals surface area contributed by atoms with Crippen LogP contribution in [0.2, 0.25) is 0 Å². The highest BCUT2D eigenvalue weighted by Crippen LogP contribution is 2.29. The fourth-order valence-electron chi connectivity index (χ4n) is 3.69. The number of fused-ring (bicyclic) bond motifs is 2. The van der Waals surface area contributed by atoms with Gasteiger partial charge in [-0.2, -0.15) is 0 Å². The summed E-state index contributed by atoms with van der Waals surface area (Å²) in [6.07, 6.45) is 2.02. The number of para-hydroxylation sites is 1. The Morgan fingerprint density at radius 3 is 2.89 bits per heavy atom. The van der Waals surface area contributed by atoms with Crippen LogP contribution in [0.5, 0.6) is 0 Å². The third-order valence-corrected chi connectivity index (χ3v) is 5.13. The Morgan fingerprint density at radius 2 is 2.00 bits per heavy atom. The summed E-state index contributed by atoms with van der Waals surface area (Å²) in [5.74, 6) is -0.800. The molecule has 6 nitrogen and oxygen atoms in total. The van der Waals surface area contributed by atoms with E-state index < -0.39 is 12.1 Å². The summed E-state index contributed by atoms with van der Waals surface area (Å²) in [7, 11) is 0. The number of esters is 1. The molecule has 0 saturated carbocycles. The first-order chi connectivity index (χ1) is 13.6. The molecule has 28 heavy (non-hydrogen) atoms. The van der Waals surface area contributed by atoms with Gasteiger partial charge < -0.3 is 14.6 Å². The minimum absolute atomic E-state index is 0.0408. The van der Waals surface area contributed by atoms with Crippen LogP contribution in [0.1, 0.15) is 42.6 Å². The molecule has 1 aliphatic carbocycles. The minimum atomic E-state index is -0.875. The van der Waals surface area contributed by atoms with E-state index in [-0.39, 0.29) is 18.4 Å². The maximum absolute atomic E-state index is 12.5. The molecule has 1 amide bonds. The summed E-state index contributed by atoms with van der Waals surface area (Å²) in [5, 5.41) is 7.72. The quantitative estimate of drug-likeness (QED) is 0.687. The van der Waals surface area contributed by atoms with Crippen LogP contribution in [0.3, 0.4) is 0 Å². The minimum Gasteiger partial charge on any atom is -0.452 e. The largest absolute Gasteiger partial charge is 0.452 e. The van der Waals surface area contributed by atoms with Crippen molar-refractivity contribution < 1.29 is 18.8 Å². The molecule has 2 atom stereocenters. The second kappa shape index (κ2) is 7.84. The monoisotopic (exact) mass is 378 g/mol. The van der Waals surface area contributed by atoms with Crippen LogP contribution in [-0.2, 0) is 27.2 Å². The molecular weight excluding hydrogens is 356 g/mol. The van der Waals surface area contributed by atoms with Crippen molar-refractivity contribution >= 4 is 22.8 Å². The summed E-state index contributed by atoms with van der Waals surface area (Å²) in [4.78, 5) is 24.8. The van der Waals surface area contributed by atoms with Crippen molar-refractivity contribution in [2.45, 2.75) is 44.8 Å². The van der Waals surface area contributed by atoms with Crippen LogP contribution >= 0.6 is 0 Å². The average molecular weight is 378 g/mol. The molecule has 144 valence electrons. The Bertz CT molecular complexity index is 1010. The lowest BCUT2D eigenvalue weighted by Crippen LogP contribution is -2.39. The van der Waals surface area contributed by atoms with Crippen LogP contribution in [0.4, 0.5) is 0 Å². The van der Waals surface area contributed by atoms with E-state index in [4.69, 9.17) is 9.26 Å². The van der Waals surface area contributed by atoms with E-state index in [2.05, 4.69) is 16.5 Å². The Morgan fingerprint density at radius 1 is 1.21 bits per heavy atom. The molecule has 0 aliphatic heterocycles. The maximum Gasteiger partial charge on any atom is 0.312 e. The zero-order valence-electron chi connectivity index (χ0n) is 15.7. The SMILES string of the molecule is C[C@H](OC(=O)Cc1noc2ccccc12)C(=O)N[C@@H]1CCCc2ccccc21. The zero-order chi connectivity index (χ0) is 19.5. The Kier molecular flexibility index (Phi) is 5.10. The second-order valence-corrected chi connectivity index (χ2v) is 7.09. The fourth-order valence-corrected chi connectivity index (χ4v) is 3.69. The van der Waals surface area contributed by atoms with E-state index in [1.807, 2.05) is 36.4 Å². The van der Waals surface area contributed by atoms with E-state index >= 15 is 0 Å². The molecule has 1 aliphatic rings. The van der Waals surface area contributed by atoms with E-state index in [0.717, 1.165) is 30.2 Å². The van der Waals surface area contributed by atoms with Gasteiger partial charge in [-0.05, 0) is 49.4 Å². The Labute approximate surface area is 162 Å². The summed E-state index contributed by atoms with van der Waals surface area (Å²) in [5.41, 5.74) is 3.54. The van der Waals surface area contributed by atoms with Crippen molar-refractivity contribution in [2.24, 2.45) is 0 Å².